The normalized spacial score (nSPS) is 26.1. The highest BCUT2D eigenvalue weighted by Gasteiger charge is 2.33. The summed E-state index contributed by atoms with van der Waals surface area (Å²) in [7, 11) is 0. The molecule has 1 rings (SSSR count). The van der Waals surface area contributed by atoms with Crippen LogP contribution in [0.5, 0.6) is 0 Å². The van der Waals surface area contributed by atoms with Crippen molar-refractivity contribution >= 4 is 5.91 Å². The lowest BCUT2D eigenvalue weighted by atomic mass is 10.2. The number of nitrogens with one attached hydrogen (secondary N) is 1. The van der Waals surface area contributed by atoms with Crippen molar-refractivity contribution in [3.05, 3.63) is 0 Å². The van der Waals surface area contributed by atoms with Crippen LogP contribution in [-0.4, -0.2) is 36.0 Å². The molecule has 0 aromatic rings. The quantitative estimate of drug-likeness (QED) is 0.726. The predicted octanol–water partition coefficient (Wildman–Crippen LogP) is 1.63. The Morgan fingerprint density at radius 3 is 2.40 bits per heavy atom. The summed E-state index contributed by atoms with van der Waals surface area (Å²) in [6.45, 7) is 10.1. The molecule has 15 heavy (non-hydrogen) atoms. The van der Waals surface area contributed by atoms with Crippen molar-refractivity contribution in [3.8, 4) is 0 Å². The maximum Gasteiger partial charge on any atom is 0.224 e. The van der Waals surface area contributed by atoms with E-state index in [0.29, 0.717) is 18.5 Å². The minimum absolute atomic E-state index is 0.272. The molecule has 0 saturated heterocycles. The summed E-state index contributed by atoms with van der Waals surface area (Å²) >= 11 is 0. The molecule has 1 fully saturated rings. The van der Waals surface area contributed by atoms with E-state index < -0.39 is 0 Å². The van der Waals surface area contributed by atoms with Gasteiger partial charge in [0.25, 0.3) is 0 Å². The molecular weight excluding hydrogens is 188 g/mol. The summed E-state index contributed by atoms with van der Waals surface area (Å²) in [6.07, 6.45) is 1.90. The molecule has 1 amide bonds. The molecule has 0 bridgehead atoms. The highest BCUT2D eigenvalue weighted by Crippen LogP contribution is 2.29. The van der Waals surface area contributed by atoms with Crippen LogP contribution in [0, 0.1) is 5.92 Å². The third-order valence-corrected chi connectivity index (χ3v) is 3.21. The van der Waals surface area contributed by atoms with E-state index in [2.05, 4.69) is 19.2 Å². The summed E-state index contributed by atoms with van der Waals surface area (Å²) in [6, 6.07) is 0.970. The number of rotatable bonds is 6. The molecule has 1 N–H and O–H groups in total. The molecule has 0 radical (unpaired) electrons. The van der Waals surface area contributed by atoms with Crippen LogP contribution in [0.4, 0.5) is 0 Å². The Morgan fingerprint density at radius 2 is 2.00 bits per heavy atom. The minimum atomic E-state index is 0.272. The molecule has 3 heteroatoms. The maximum absolute atomic E-state index is 11.8. The molecule has 1 saturated carbocycles. The van der Waals surface area contributed by atoms with Gasteiger partial charge in [-0.15, -0.1) is 0 Å². The Morgan fingerprint density at radius 1 is 1.47 bits per heavy atom. The van der Waals surface area contributed by atoms with E-state index in [-0.39, 0.29) is 5.91 Å². The summed E-state index contributed by atoms with van der Waals surface area (Å²) < 4.78 is 0. The highest BCUT2D eigenvalue weighted by molar-refractivity contribution is 5.76. The summed E-state index contributed by atoms with van der Waals surface area (Å²) in [5.74, 6) is 1.07. The van der Waals surface area contributed by atoms with Crippen molar-refractivity contribution in [2.45, 2.75) is 52.6 Å². The molecule has 3 nitrogen and oxygen atoms in total. The third-order valence-electron chi connectivity index (χ3n) is 3.21. The van der Waals surface area contributed by atoms with E-state index in [1.165, 1.54) is 6.42 Å². The number of hydrogen-bond donors (Lipinski definition) is 1. The van der Waals surface area contributed by atoms with Gasteiger partial charge in [0.15, 0.2) is 0 Å². The van der Waals surface area contributed by atoms with Gasteiger partial charge in [0.05, 0.1) is 0 Å². The van der Waals surface area contributed by atoms with Crippen LogP contribution in [0.3, 0.4) is 0 Å². The predicted molar refractivity (Wildman–Crippen MR) is 62.7 cm³/mol. The molecule has 3 unspecified atom stereocenters. The van der Waals surface area contributed by atoms with E-state index >= 15 is 0 Å². The Kier molecular flexibility index (Phi) is 4.58. The summed E-state index contributed by atoms with van der Waals surface area (Å²) in [4.78, 5) is 13.7. The lowest BCUT2D eigenvalue weighted by molar-refractivity contribution is -0.131. The van der Waals surface area contributed by atoms with Gasteiger partial charge in [0.1, 0.15) is 0 Å². The van der Waals surface area contributed by atoms with Gasteiger partial charge in [0, 0.05) is 31.6 Å². The van der Waals surface area contributed by atoms with Gasteiger partial charge in [-0.3, -0.25) is 4.79 Å². The van der Waals surface area contributed by atoms with Crippen molar-refractivity contribution in [1.29, 1.82) is 0 Å². The molecule has 3 atom stereocenters. The smallest absolute Gasteiger partial charge is 0.224 e. The molecule has 0 aromatic heterocycles. The average molecular weight is 212 g/mol. The lowest BCUT2D eigenvalue weighted by Crippen LogP contribution is -2.37. The second-order valence-electron chi connectivity index (χ2n) is 4.66. The molecule has 0 heterocycles. The largest absolute Gasteiger partial charge is 0.343 e. The van der Waals surface area contributed by atoms with Gasteiger partial charge < -0.3 is 10.2 Å². The van der Waals surface area contributed by atoms with E-state index in [1.807, 2.05) is 18.7 Å². The van der Waals surface area contributed by atoms with Gasteiger partial charge >= 0.3 is 0 Å². The number of hydrogen-bond acceptors (Lipinski definition) is 2. The van der Waals surface area contributed by atoms with Gasteiger partial charge in [-0.05, 0) is 33.1 Å². The van der Waals surface area contributed by atoms with Crippen molar-refractivity contribution < 1.29 is 4.79 Å². The van der Waals surface area contributed by atoms with Crippen LogP contribution in [0.15, 0.2) is 0 Å². The van der Waals surface area contributed by atoms with Gasteiger partial charge in [-0.25, -0.2) is 0 Å². The minimum Gasteiger partial charge on any atom is -0.343 e. The van der Waals surface area contributed by atoms with E-state index in [0.717, 1.165) is 19.0 Å². The zero-order valence-electron chi connectivity index (χ0n) is 10.4. The molecule has 0 aliphatic heterocycles. The maximum atomic E-state index is 11.8. The topological polar surface area (TPSA) is 32.3 Å². The van der Waals surface area contributed by atoms with Crippen LogP contribution < -0.4 is 5.32 Å². The van der Waals surface area contributed by atoms with Crippen LogP contribution >= 0.6 is 0 Å². The second-order valence-corrected chi connectivity index (χ2v) is 4.66. The number of amides is 1. The first-order chi connectivity index (χ1) is 7.08. The second kappa shape index (κ2) is 5.50. The first kappa shape index (κ1) is 12.5. The first-order valence-corrected chi connectivity index (χ1v) is 6.12. The van der Waals surface area contributed by atoms with Gasteiger partial charge in [-0.2, -0.15) is 0 Å². The van der Waals surface area contributed by atoms with Crippen LogP contribution in [-0.2, 0) is 4.79 Å². The Labute approximate surface area is 93.2 Å². The SMILES string of the molecule is CCN(CC)C(=O)CC(C)NC1CC1C. The van der Waals surface area contributed by atoms with Crippen LogP contribution in [0.25, 0.3) is 0 Å². The first-order valence-electron chi connectivity index (χ1n) is 6.12. The summed E-state index contributed by atoms with van der Waals surface area (Å²) in [5.41, 5.74) is 0. The van der Waals surface area contributed by atoms with E-state index in [9.17, 15) is 4.79 Å². The van der Waals surface area contributed by atoms with Gasteiger partial charge in [-0.1, -0.05) is 6.92 Å². The van der Waals surface area contributed by atoms with Crippen LogP contribution in [0.2, 0.25) is 0 Å². The molecule has 0 aromatic carbocycles. The molecule has 0 spiro atoms. The van der Waals surface area contributed by atoms with E-state index in [1.54, 1.807) is 0 Å². The van der Waals surface area contributed by atoms with E-state index in [4.69, 9.17) is 0 Å². The molecule has 1 aliphatic carbocycles. The monoisotopic (exact) mass is 212 g/mol. The zero-order valence-corrected chi connectivity index (χ0v) is 10.4. The lowest BCUT2D eigenvalue weighted by Gasteiger charge is -2.21. The van der Waals surface area contributed by atoms with Gasteiger partial charge in [0.2, 0.25) is 5.91 Å². The van der Waals surface area contributed by atoms with Crippen LogP contribution in [0.1, 0.15) is 40.5 Å². The molecule has 88 valence electrons. The Bertz CT molecular complexity index is 214. The summed E-state index contributed by atoms with van der Waals surface area (Å²) in [5, 5.41) is 3.49. The number of nitrogens with zero attached hydrogens (tertiary/aromatic N) is 1. The Balaban J connectivity index is 2.24. The Hall–Kier alpha value is -0.570. The van der Waals surface area contributed by atoms with Crippen molar-refractivity contribution in [2.75, 3.05) is 13.1 Å². The molecular formula is C12H24N2O. The number of carbonyl (C=O) groups excluding carboxylic acids is 1. The molecule has 1 aliphatic rings. The highest BCUT2D eigenvalue weighted by atomic mass is 16.2. The fourth-order valence-corrected chi connectivity index (χ4v) is 1.95. The van der Waals surface area contributed by atoms with Crippen molar-refractivity contribution in [3.63, 3.8) is 0 Å². The number of carbonyl (C=O) groups is 1. The standard InChI is InChI=1S/C12H24N2O/c1-5-14(6-2)12(15)8-10(4)13-11-7-9(11)3/h9-11,13H,5-8H2,1-4H3. The zero-order chi connectivity index (χ0) is 11.4. The van der Waals surface area contributed by atoms with Crippen molar-refractivity contribution in [1.82, 2.24) is 10.2 Å². The third kappa shape index (κ3) is 3.82. The fraction of sp³-hybridized carbons (Fsp3) is 0.917. The average Bonchev–Trinajstić information content (AvgIpc) is 2.83. The fourth-order valence-electron chi connectivity index (χ4n) is 1.95. The van der Waals surface area contributed by atoms with Crippen molar-refractivity contribution in [2.24, 2.45) is 5.92 Å².